The third-order valence-electron chi connectivity index (χ3n) is 4.77. The molecule has 0 aliphatic carbocycles. The van der Waals surface area contributed by atoms with Crippen molar-refractivity contribution in [3.05, 3.63) is 115 Å². The van der Waals surface area contributed by atoms with E-state index in [1.807, 2.05) is 60.7 Å². The zero-order chi connectivity index (χ0) is 21.0. The molecule has 0 radical (unpaired) electrons. The number of rotatable bonds is 5. The SMILES string of the molecule is Nc1cccc(C(=O)Oc2ccccc2P(=O)(c2ccccc2)c2ccccc2)c1. The fourth-order valence-electron chi connectivity index (χ4n) is 3.33. The van der Waals surface area contributed by atoms with Gasteiger partial charge >= 0.3 is 5.97 Å². The summed E-state index contributed by atoms with van der Waals surface area (Å²) < 4.78 is 20.3. The third kappa shape index (κ3) is 3.78. The van der Waals surface area contributed by atoms with E-state index < -0.39 is 13.1 Å². The summed E-state index contributed by atoms with van der Waals surface area (Å²) in [5.41, 5.74) is 6.59. The molecule has 4 rings (SSSR count). The highest BCUT2D eigenvalue weighted by atomic mass is 31.2. The van der Waals surface area contributed by atoms with Crippen LogP contribution in [0, 0.1) is 0 Å². The average Bonchev–Trinajstić information content (AvgIpc) is 2.80. The minimum atomic E-state index is -3.27. The maximum Gasteiger partial charge on any atom is 0.343 e. The maximum atomic E-state index is 14.6. The molecule has 2 N–H and O–H groups in total. The topological polar surface area (TPSA) is 69.4 Å². The number of anilines is 1. The van der Waals surface area contributed by atoms with Gasteiger partial charge in [0.1, 0.15) is 5.75 Å². The number of carbonyl (C=O) groups excluding carboxylic acids is 1. The lowest BCUT2D eigenvalue weighted by Gasteiger charge is -2.22. The molecule has 0 aliphatic heterocycles. The van der Waals surface area contributed by atoms with Crippen molar-refractivity contribution in [2.24, 2.45) is 0 Å². The number of nitrogen functional groups attached to an aromatic ring is 1. The average molecular weight is 413 g/mol. The molecule has 4 nitrogen and oxygen atoms in total. The van der Waals surface area contributed by atoms with Crippen LogP contribution in [0.5, 0.6) is 5.75 Å². The van der Waals surface area contributed by atoms with Crippen molar-refractivity contribution in [3.8, 4) is 5.75 Å². The number of hydrogen-bond acceptors (Lipinski definition) is 4. The Balaban J connectivity index is 1.84. The summed E-state index contributed by atoms with van der Waals surface area (Å²) in [6.45, 7) is 0. The van der Waals surface area contributed by atoms with Crippen molar-refractivity contribution in [3.63, 3.8) is 0 Å². The quantitative estimate of drug-likeness (QED) is 0.231. The van der Waals surface area contributed by atoms with E-state index in [0.717, 1.165) is 0 Å². The fraction of sp³-hybridized carbons (Fsp3) is 0. The van der Waals surface area contributed by atoms with Crippen LogP contribution < -0.4 is 26.4 Å². The van der Waals surface area contributed by atoms with Crippen LogP contribution in [0.3, 0.4) is 0 Å². The number of carbonyl (C=O) groups is 1. The Hall–Kier alpha value is -3.62. The van der Waals surface area contributed by atoms with E-state index in [2.05, 4.69) is 0 Å². The molecule has 5 heteroatoms. The highest BCUT2D eigenvalue weighted by molar-refractivity contribution is 7.85. The summed E-state index contributed by atoms with van der Waals surface area (Å²) in [4.78, 5) is 12.8. The van der Waals surface area contributed by atoms with Crippen LogP contribution in [-0.2, 0) is 4.57 Å². The number of para-hydroxylation sites is 1. The molecule has 0 bridgehead atoms. The van der Waals surface area contributed by atoms with Crippen molar-refractivity contribution in [2.75, 3.05) is 5.73 Å². The van der Waals surface area contributed by atoms with Crippen LogP contribution in [0.25, 0.3) is 0 Å². The molecule has 0 aromatic heterocycles. The van der Waals surface area contributed by atoms with E-state index in [-0.39, 0.29) is 5.75 Å². The minimum absolute atomic E-state index is 0.265. The van der Waals surface area contributed by atoms with E-state index in [4.69, 9.17) is 10.5 Å². The first kappa shape index (κ1) is 19.7. The smallest absolute Gasteiger partial charge is 0.343 e. The second-order valence-corrected chi connectivity index (χ2v) is 9.50. The fourth-order valence-corrected chi connectivity index (χ4v) is 6.10. The number of esters is 1. The number of nitrogens with two attached hydrogens (primary N) is 1. The van der Waals surface area contributed by atoms with Gasteiger partial charge in [-0.2, -0.15) is 0 Å². The second-order valence-electron chi connectivity index (χ2n) is 6.76. The van der Waals surface area contributed by atoms with Gasteiger partial charge in [0.15, 0.2) is 7.14 Å². The lowest BCUT2D eigenvalue weighted by Crippen LogP contribution is -2.27. The summed E-state index contributed by atoms with van der Waals surface area (Å²) in [5.74, 6) is -0.289. The summed E-state index contributed by atoms with van der Waals surface area (Å²) in [6.07, 6.45) is 0. The Labute approximate surface area is 175 Å². The van der Waals surface area contributed by atoms with E-state index in [0.29, 0.717) is 27.2 Å². The van der Waals surface area contributed by atoms with Gasteiger partial charge in [-0.1, -0.05) is 78.9 Å². The first-order chi connectivity index (χ1) is 14.6. The van der Waals surface area contributed by atoms with Gasteiger partial charge in [0.05, 0.1) is 10.9 Å². The van der Waals surface area contributed by atoms with Gasteiger partial charge in [-0.05, 0) is 30.3 Å². The molecule has 0 fully saturated rings. The van der Waals surface area contributed by atoms with Crippen LogP contribution in [0.15, 0.2) is 109 Å². The van der Waals surface area contributed by atoms with Gasteiger partial charge in [0, 0.05) is 16.3 Å². The van der Waals surface area contributed by atoms with Crippen molar-refractivity contribution in [1.29, 1.82) is 0 Å². The summed E-state index contributed by atoms with van der Waals surface area (Å²) >= 11 is 0. The molecule has 148 valence electrons. The Kier molecular flexibility index (Phi) is 5.51. The van der Waals surface area contributed by atoms with Crippen LogP contribution in [-0.4, -0.2) is 5.97 Å². The summed E-state index contributed by atoms with van der Waals surface area (Å²) in [7, 11) is -3.27. The first-order valence-electron chi connectivity index (χ1n) is 9.47. The predicted molar refractivity (Wildman–Crippen MR) is 122 cm³/mol. The molecular weight excluding hydrogens is 393 g/mol. The largest absolute Gasteiger partial charge is 0.422 e. The first-order valence-corrected chi connectivity index (χ1v) is 11.2. The molecule has 0 saturated carbocycles. The van der Waals surface area contributed by atoms with Crippen molar-refractivity contribution in [1.82, 2.24) is 0 Å². The zero-order valence-electron chi connectivity index (χ0n) is 16.1. The zero-order valence-corrected chi connectivity index (χ0v) is 17.0. The second kappa shape index (κ2) is 8.40. The molecule has 0 spiro atoms. The molecule has 0 atom stereocenters. The molecule has 4 aromatic rings. The maximum absolute atomic E-state index is 14.6. The van der Waals surface area contributed by atoms with Crippen LogP contribution in [0.4, 0.5) is 5.69 Å². The molecule has 0 aliphatic rings. The highest BCUT2D eigenvalue weighted by Crippen LogP contribution is 2.45. The molecule has 30 heavy (non-hydrogen) atoms. The van der Waals surface area contributed by atoms with Gasteiger partial charge in [0.2, 0.25) is 0 Å². The Morgan fingerprint density at radius 3 is 1.87 bits per heavy atom. The normalized spacial score (nSPS) is 11.1. The van der Waals surface area contributed by atoms with E-state index in [1.54, 1.807) is 48.5 Å². The van der Waals surface area contributed by atoms with Crippen molar-refractivity contribution >= 4 is 34.7 Å². The molecule has 0 heterocycles. The van der Waals surface area contributed by atoms with Crippen LogP contribution in [0.2, 0.25) is 0 Å². The minimum Gasteiger partial charge on any atom is -0.422 e. The van der Waals surface area contributed by atoms with Crippen molar-refractivity contribution < 1.29 is 14.1 Å². The lowest BCUT2D eigenvalue weighted by molar-refractivity contribution is 0.0736. The lowest BCUT2D eigenvalue weighted by atomic mass is 10.2. The Bertz CT molecular complexity index is 1180. The van der Waals surface area contributed by atoms with E-state index in [1.165, 1.54) is 0 Å². The Morgan fingerprint density at radius 2 is 1.27 bits per heavy atom. The molecule has 0 unspecified atom stereocenters. The number of benzene rings is 4. The standard InChI is InChI=1S/C25H20NO3P/c26-20-11-9-10-19(18-20)25(27)29-23-16-7-8-17-24(23)30(28,21-12-3-1-4-13-21)22-14-5-2-6-15-22/h1-18H,26H2. The highest BCUT2D eigenvalue weighted by Gasteiger charge is 2.33. The van der Waals surface area contributed by atoms with Gasteiger partial charge in [-0.25, -0.2) is 4.79 Å². The van der Waals surface area contributed by atoms with E-state index >= 15 is 0 Å². The molecule has 0 amide bonds. The molecular formula is C25H20NO3P. The van der Waals surface area contributed by atoms with E-state index in [9.17, 15) is 9.36 Å². The summed E-state index contributed by atoms with van der Waals surface area (Å²) in [6, 6.07) is 32.1. The summed E-state index contributed by atoms with van der Waals surface area (Å²) in [5, 5.41) is 1.81. The monoisotopic (exact) mass is 413 g/mol. The van der Waals surface area contributed by atoms with Gasteiger partial charge in [-0.3, -0.25) is 0 Å². The number of ether oxygens (including phenoxy) is 1. The Morgan fingerprint density at radius 1 is 0.700 bits per heavy atom. The van der Waals surface area contributed by atoms with Gasteiger partial charge in [0.25, 0.3) is 0 Å². The molecule has 0 saturated heterocycles. The predicted octanol–water partition coefficient (Wildman–Crippen LogP) is 4.13. The number of hydrogen-bond donors (Lipinski definition) is 1. The van der Waals surface area contributed by atoms with Gasteiger partial charge in [-0.15, -0.1) is 0 Å². The van der Waals surface area contributed by atoms with Crippen LogP contribution in [0.1, 0.15) is 10.4 Å². The van der Waals surface area contributed by atoms with Crippen LogP contribution >= 0.6 is 7.14 Å². The van der Waals surface area contributed by atoms with Gasteiger partial charge < -0.3 is 15.0 Å². The van der Waals surface area contributed by atoms with Crippen molar-refractivity contribution in [2.45, 2.75) is 0 Å². The third-order valence-corrected chi connectivity index (χ3v) is 7.87. The molecule has 4 aromatic carbocycles.